The van der Waals surface area contributed by atoms with Crippen LogP contribution in [0.5, 0.6) is 0 Å². The van der Waals surface area contributed by atoms with E-state index in [0.29, 0.717) is 5.92 Å². The second-order valence-corrected chi connectivity index (χ2v) is 4.89. The number of benzene rings is 2. The highest BCUT2D eigenvalue weighted by Gasteiger charge is 2.11. The first-order valence-corrected chi connectivity index (χ1v) is 6.50. The quantitative estimate of drug-likeness (QED) is 0.642. The Morgan fingerprint density at radius 2 is 1.28 bits per heavy atom. The second-order valence-electron chi connectivity index (χ2n) is 4.89. The van der Waals surface area contributed by atoms with Crippen molar-refractivity contribution in [3.05, 3.63) is 83.4 Å². The van der Waals surface area contributed by atoms with Gasteiger partial charge in [0, 0.05) is 5.92 Å². The summed E-state index contributed by atoms with van der Waals surface area (Å²) in [6.45, 7) is 4.32. The minimum absolute atomic E-state index is 0.460. The van der Waals surface area contributed by atoms with Gasteiger partial charge in [0.2, 0.25) is 0 Å². The molecule has 0 heterocycles. The van der Waals surface area contributed by atoms with E-state index < -0.39 is 0 Å². The van der Waals surface area contributed by atoms with Crippen LogP contribution in [0, 0.1) is 0 Å². The molecule has 0 amide bonds. The molecule has 0 aliphatic carbocycles. The van der Waals surface area contributed by atoms with Crippen molar-refractivity contribution in [3.8, 4) is 0 Å². The molecular weight excluding hydrogens is 216 g/mol. The van der Waals surface area contributed by atoms with Crippen LogP contribution in [0.2, 0.25) is 0 Å². The van der Waals surface area contributed by atoms with Crippen molar-refractivity contribution in [2.75, 3.05) is 0 Å². The van der Waals surface area contributed by atoms with E-state index in [2.05, 4.69) is 80.6 Å². The van der Waals surface area contributed by atoms with Gasteiger partial charge in [-0.3, -0.25) is 0 Å². The summed E-state index contributed by atoms with van der Waals surface area (Å²) in [5, 5.41) is 0. The van der Waals surface area contributed by atoms with Crippen molar-refractivity contribution in [2.24, 2.45) is 0 Å². The first kappa shape index (κ1) is 12.6. The summed E-state index contributed by atoms with van der Waals surface area (Å²) >= 11 is 0. The Hall–Kier alpha value is -1.82. The van der Waals surface area contributed by atoms with Gasteiger partial charge in [-0.05, 0) is 31.4 Å². The van der Waals surface area contributed by atoms with Gasteiger partial charge in [-0.15, -0.1) is 0 Å². The fourth-order valence-corrected chi connectivity index (χ4v) is 2.19. The van der Waals surface area contributed by atoms with Crippen molar-refractivity contribution in [2.45, 2.75) is 26.2 Å². The van der Waals surface area contributed by atoms with Gasteiger partial charge in [0.05, 0.1) is 0 Å². The normalized spacial score (nSPS) is 10.4. The van der Waals surface area contributed by atoms with E-state index in [1.165, 1.54) is 16.7 Å². The van der Waals surface area contributed by atoms with E-state index >= 15 is 0 Å². The SMILES string of the molecule is CC(C)=CCC(c1ccccc1)c1ccccc1. The zero-order chi connectivity index (χ0) is 12.8. The summed E-state index contributed by atoms with van der Waals surface area (Å²) in [5.74, 6) is 0.460. The monoisotopic (exact) mass is 236 g/mol. The molecule has 2 rings (SSSR count). The van der Waals surface area contributed by atoms with Gasteiger partial charge in [-0.2, -0.15) is 0 Å². The Balaban J connectivity index is 2.32. The molecule has 0 nitrogen and oxygen atoms in total. The lowest BCUT2D eigenvalue weighted by molar-refractivity contribution is 0.824. The lowest BCUT2D eigenvalue weighted by atomic mass is 9.88. The molecule has 0 aliphatic heterocycles. The fraction of sp³-hybridized carbons (Fsp3) is 0.222. The molecule has 0 heteroatoms. The van der Waals surface area contributed by atoms with Gasteiger partial charge in [-0.1, -0.05) is 72.3 Å². The highest BCUT2D eigenvalue weighted by Crippen LogP contribution is 2.28. The third-order valence-electron chi connectivity index (χ3n) is 3.17. The predicted octanol–water partition coefficient (Wildman–Crippen LogP) is 5.17. The summed E-state index contributed by atoms with van der Waals surface area (Å²) in [7, 11) is 0. The minimum Gasteiger partial charge on any atom is -0.0849 e. The van der Waals surface area contributed by atoms with Crippen LogP contribution in [-0.4, -0.2) is 0 Å². The Morgan fingerprint density at radius 3 is 1.67 bits per heavy atom. The number of rotatable bonds is 4. The summed E-state index contributed by atoms with van der Waals surface area (Å²) in [6, 6.07) is 21.5. The minimum atomic E-state index is 0.460. The van der Waals surface area contributed by atoms with E-state index in [1.807, 2.05) is 0 Å². The zero-order valence-electron chi connectivity index (χ0n) is 11.1. The van der Waals surface area contributed by atoms with Crippen LogP contribution >= 0.6 is 0 Å². The van der Waals surface area contributed by atoms with Crippen LogP contribution in [0.25, 0.3) is 0 Å². The zero-order valence-corrected chi connectivity index (χ0v) is 11.1. The Kier molecular flexibility index (Phi) is 4.35. The van der Waals surface area contributed by atoms with Gasteiger partial charge in [0.15, 0.2) is 0 Å². The second kappa shape index (κ2) is 6.20. The van der Waals surface area contributed by atoms with E-state index in [9.17, 15) is 0 Å². The Bertz CT molecular complexity index is 451. The summed E-state index contributed by atoms with van der Waals surface area (Å²) in [4.78, 5) is 0. The first-order chi connectivity index (χ1) is 8.77. The average Bonchev–Trinajstić information content (AvgIpc) is 2.41. The van der Waals surface area contributed by atoms with Crippen LogP contribution < -0.4 is 0 Å². The fourth-order valence-electron chi connectivity index (χ4n) is 2.19. The van der Waals surface area contributed by atoms with Gasteiger partial charge >= 0.3 is 0 Å². The highest BCUT2D eigenvalue weighted by molar-refractivity contribution is 5.33. The van der Waals surface area contributed by atoms with Crippen molar-refractivity contribution in [3.63, 3.8) is 0 Å². The summed E-state index contributed by atoms with van der Waals surface area (Å²) < 4.78 is 0. The van der Waals surface area contributed by atoms with Gasteiger partial charge in [0.1, 0.15) is 0 Å². The molecule has 18 heavy (non-hydrogen) atoms. The lowest BCUT2D eigenvalue weighted by Gasteiger charge is -2.16. The van der Waals surface area contributed by atoms with Crippen molar-refractivity contribution in [1.82, 2.24) is 0 Å². The van der Waals surface area contributed by atoms with Crippen molar-refractivity contribution >= 4 is 0 Å². The number of hydrogen-bond donors (Lipinski definition) is 0. The lowest BCUT2D eigenvalue weighted by Crippen LogP contribution is -1.99. The van der Waals surface area contributed by atoms with E-state index in [4.69, 9.17) is 0 Å². The van der Waals surface area contributed by atoms with Crippen LogP contribution in [0.15, 0.2) is 72.3 Å². The van der Waals surface area contributed by atoms with E-state index in [0.717, 1.165) is 6.42 Å². The largest absolute Gasteiger partial charge is 0.0849 e. The summed E-state index contributed by atoms with van der Waals surface area (Å²) in [6.07, 6.45) is 3.39. The van der Waals surface area contributed by atoms with Gasteiger partial charge in [-0.25, -0.2) is 0 Å². The first-order valence-electron chi connectivity index (χ1n) is 6.50. The van der Waals surface area contributed by atoms with Gasteiger partial charge in [0.25, 0.3) is 0 Å². The van der Waals surface area contributed by atoms with Crippen LogP contribution in [-0.2, 0) is 0 Å². The molecule has 0 fully saturated rings. The molecule has 0 spiro atoms. The van der Waals surface area contributed by atoms with Crippen molar-refractivity contribution < 1.29 is 0 Å². The van der Waals surface area contributed by atoms with Gasteiger partial charge < -0.3 is 0 Å². The maximum atomic E-state index is 2.32. The predicted molar refractivity (Wildman–Crippen MR) is 78.8 cm³/mol. The maximum Gasteiger partial charge on any atom is 0.0124 e. The smallest absolute Gasteiger partial charge is 0.0124 e. The molecule has 0 aliphatic rings. The highest BCUT2D eigenvalue weighted by atomic mass is 14.2. The van der Waals surface area contributed by atoms with Crippen molar-refractivity contribution in [1.29, 1.82) is 0 Å². The van der Waals surface area contributed by atoms with Crippen LogP contribution in [0.3, 0.4) is 0 Å². The summed E-state index contributed by atoms with van der Waals surface area (Å²) in [5.41, 5.74) is 4.16. The molecule has 0 radical (unpaired) electrons. The molecule has 92 valence electrons. The van der Waals surface area contributed by atoms with Crippen LogP contribution in [0.1, 0.15) is 37.3 Å². The molecule has 0 aromatic heterocycles. The maximum absolute atomic E-state index is 2.32. The Morgan fingerprint density at radius 1 is 0.833 bits per heavy atom. The molecule has 0 saturated heterocycles. The molecule has 0 saturated carbocycles. The molecule has 0 unspecified atom stereocenters. The molecule has 0 bridgehead atoms. The topological polar surface area (TPSA) is 0 Å². The Labute approximate surface area is 110 Å². The molecular formula is C18H20. The van der Waals surface area contributed by atoms with E-state index in [1.54, 1.807) is 0 Å². The molecule has 2 aromatic rings. The molecule has 0 atom stereocenters. The molecule has 0 N–H and O–H groups in total. The molecule has 2 aromatic carbocycles. The third-order valence-corrected chi connectivity index (χ3v) is 3.17. The average molecular weight is 236 g/mol. The third kappa shape index (κ3) is 3.33. The number of hydrogen-bond acceptors (Lipinski definition) is 0. The van der Waals surface area contributed by atoms with Crippen LogP contribution in [0.4, 0.5) is 0 Å². The van der Waals surface area contributed by atoms with E-state index in [-0.39, 0.29) is 0 Å². The standard InChI is InChI=1S/C18H20/c1-15(2)13-14-18(16-9-5-3-6-10-16)17-11-7-4-8-12-17/h3-13,18H,14H2,1-2H3. The number of allylic oxidation sites excluding steroid dienone is 2.